The van der Waals surface area contributed by atoms with E-state index in [0.717, 1.165) is 17.2 Å². The lowest BCUT2D eigenvalue weighted by molar-refractivity contribution is -0.141. The van der Waals surface area contributed by atoms with E-state index in [9.17, 15) is 18.4 Å². The second-order valence-electron chi connectivity index (χ2n) is 8.42. The van der Waals surface area contributed by atoms with Crippen LogP contribution in [0.3, 0.4) is 0 Å². The number of benzene rings is 2. The number of aryl methyl sites for hydroxylation is 1. The molecule has 0 aliphatic carbocycles. The zero-order valence-corrected chi connectivity index (χ0v) is 18.2. The first-order valence-electron chi connectivity index (χ1n) is 10.4. The fourth-order valence-corrected chi connectivity index (χ4v) is 3.84. The van der Waals surface area contributed by atoms with Crippen molar-refractivity contribution in [3.63, 3.8) is 0 Å². The number of ether oxygens (including phenoxy) is 1. The number of hydrogen-bond acceptors (Lipinski definition) is 3. The molecule has 31 heavy (non-hydrogen) atoms. The fraction of sp³-hybridized carbons (Fsp3) is 0.360. The van der Waals surface area contributed by atoms with Crippen molar-refractivity contribution in [3.05, 3.63) is 82.1 Å². The van der Waals surface area contributed by atoms with E-state index >= 15 is 0 Å². The number of hydrogen-bond donors (Lipinski definition) is 0. The quantitative estimate of drug-likeness (QED) is 0.591. The van der Waals surface area contributed by atoms with Crippen LogP contribution in [0.25, 0.3) is 0 Å². The maximum absolute atomic E-state index is 13.6. The van der Waals surface area contributed by atoms with Gasteiger partial charge in [-0.2, -0.15) is 0 Å². The number of rotatable bonds is 6. The van der Waals surface area contributed by atoms with Gasteiger partial charge in [0.2, 0.25) is 5.91 Å². The van der Waals surface area contributed by atoms with E-state index in [4.69, 9.17) is 4.74 Å². The SMILES string of the molecule is CC1=C(C(=O)OCC(C)C)C(c2cccc(C)c2)CC(=O)N1Cc1cc(F)cc(F)c1. The summed E-state index contributed by atoms with van der Waals surface area (Å²) in [6.45, 7) is 7.76. The van der Waals surface area contributed by atoms with Crippen molar-refractivity contribution in [1.82, 2.24) is 4.90 Å². The first kappa shape index (κ1) is 22.7. The predicted molar refractivity (Wildman–Crippen MR) is 114 cm³/mol. The van der Waals surface area contributed by atoms with E-state index in [1.807, 2.05) is 45.0 Å². The molecule has 0 saturated carbocycles. The van der Waals surface area contributed by atoms with E-state index in [1.54, 1.807) is 6.92 Å². The molecule has 6 heteroatoms. The van der Waals surface area contributed by atoms with Crippen molar-refractivity contribution in [2.24, 2.45) is 5.92 Å². The van der Waals surface area contributed by atoms with Gasteiger partial charge in [0.05, 0.1) is 18.7 Å². The smallest absolute Gasteiger partial charge is 0.336 e. The molecule has 1 aliphatic heterocycles. The van der Waals surface area contributed by atoms with Gasteiger partial charge in [-0.05, 0) is 43.0 Å². The Bertz CT molecular complexity index is 1010. The van der Waals surface area contributed by atoms with Gasteiger partial charge in [0.1, 0.15) is 11.6 Å². The van der Waals surface area contributed by atoms with Gasteiger partial charge in [-0.3, -0.25) is 4.79 Å². The Kier molecular flexibility index (Phi) is 6.88. The molecule has 0 aromatic heterocycles. The van der Waals surface area contributed by atoms with Gasteiger partial charge in [-0.25, -0.2) is 13.6 Å². The lowest BCUT2D eigenvalue weighted by Gasteiger charge is -2.34. The molecule has 2 aromatic carbocycles. The third-order valence-electron chi connectivity index (χ3n) is 5.30. The molecule has 3 rings (SSSR count). The average molecular weight is 427 g/mol. The van der Waals surface area contributed by atoms with Crippen molar-refractivity contribution >= 4 is 11.9 Å². The van der Waals surface area contributed by atoms with Crippen molar-refractivity contribution < 1.29 is 23.1 Å². The topological polar surface area (TPSA) is 46.6 Å². The van der Waals surface area contributed by atoms with Crippen LogP contribution in [0, 0.1) is 24.5 Å². The summed E-state index contributed by atoms with van der Waals surface area (Å²) in [5, 5.41) is 0. The standard InChI is InChI=1S/C25H27F2NO3/c1-15(2)14-31-25(30)24-17(4)28(13-18-9-20(26)11-21(27)10-18)23(29)12-22(24)19-7-5-6-16(3)8-19/h5-11,15,22H,12-14H2,1-4H3. The second kappa shape index (κ2) is 9.41. The van der Waals surface area contributed by atoms with Crippen molar-refractivity contribution in [1.29, 1.82) is 0 Å². The van der Waals surface area contributed by atoms with Crippen LogP contribution in [0.15, 0.2) is 53.7 Å². The minimum absolute atomic E-state index is 0.0269. The summed E-state index contributed by atoms with van der Waals surface area (Å²) in [6, 6.07) is 10.9. The molecule has 0 radical (unpaired) electrons. The minimum Gasteiger partial charge on any atom is -0.462 e. The minimum atomic E-state index is -0.713. The highest BCUT2D eigenvalue weighted by atomic mass is 19.1. The number of amides is 1. The molecule has 1 amide bonds. The van der Waals surface area contributed by atoms with E-state index < -0.39 is 23.5 Å². The van der Waals surface area contributed by atoms with Gasteiger partial charge in [0, 0.05) is 24.1 Å². The molecule has 4 nitrogen and oxygen atoms in total. The van der Waals surface area contributed by atoms with E-state index in [2.05, 4.69) is 0 Å². The maximum Gasteiger partial charge on any atom is 0.336 e. The highest BCUT2D eigenvalue weighted by Crippen LogP contribution is 2.38. The molecule has 0 saturated heterocycles. The van der Waals surface area contributed by atoms with E-state index in [0.29, 0.717) is 16.8 Å². The van der Waals surface area contributed by atoms with Gasteiger partial charge in [-0.15, -0.1) is 0 Å². The monoisotopic (exact) mass is 427 g/mol. The zero-order chi connectivity index (χ0) is 22.7. The van der Waals surface area contributed by atoms with Gasteiger partial charge in [0.25, 0.3) is 0 Å². The molecule has 2 aromatic rings. The summed E-state index contributed by atoms with van der Waals surface area (Å²) in [7, 11) is 0. The summed E-state index contributed by atoms with van der Waals surface area (Å²) in [5.74, 6) is -2.38. The summed E-state index contributed by atoms with van der Waals surface area (Å²) < 4.78 is 32.8. The van der Waals surface area contributed by atoms with Crippen LogP contribution in [0.5, 0.6) is 0 Å². The molecule has 1 aliphatic rings. The number of carbonyl (C=O) groups excluding carboxylic acids is 2. The van der Waals surface area contributed by atoms with Crippen molar-refractivity contribution in [2.45, 2.75) is 46.6 Å². The largest absolute Gasteiger partial charge is 0.462 e. The molecule has 164 valence electrons. The first-order valence-corrected chi connectivity index (χ1v) is 10.4. The molecule has 1 unspecified atom stereocenters. The molecule has 1 atom stereocenters. The maximum atomic E-state index is 13.6. The Morgan fingerprint density at radius 2 is 1.81 bits per heavy atom. The van der Waals surface area contributed by atoms with Crippen LogP contribution in [-0.2, 0) is 20.9 Å². The fourth-order valence-electron chi connectivity index (χ4n) is 3.84. The van der Waals surface area contributed by atoms with Gasteiger partial charge < -0.3 is 9.64 Å². The number of allylic oxidation sites excluding steroid dienone is 1. The Hall–Kier alpha value is -3.02. The van der Waals surface area contributed by atoms with E-state index in [1.165, 1.54) is 17.0 Å². The lowest BCUT2D eigenvalue weighted by Crippen LogP contribution is -2.38. The molecule has 0 spiro atoms. The Balaban J connectivity index is 2.03. The number of nitrogens with zero attached hydrogens (tertiary/aromatic N) is 1. The summed E-state index contributed by atoms with van der Waals surface area (Å²) in [4.78, 5) is 27.5. The van der Waals surface area contributed by atoms with Gasteiger partial charge in [0.15, 0.2) is 0 Å². The van der Waals surface area contributed by atoms with Crippen LogP contribution in [0.1, 0.15) is 49.8 Å². The third-order valence-corrected chi connectivity index (χ3v) is 5.30. The highest BCUT2D eigenvalue weighted by Gasteiger charge is 2.37. The summed E-state index contributed by atoms with van der Waals surface area (Å²) in [6.07, 6.45) is 0.0741. The lowest BCUT2D eigenvalue weighted by atomic mass is 9.83. The zero-order valence-electron chi connectivity index (χ0n) is 18.2. The summed E-state index contributed by atoms with van der Waals surface area (Å²) in [5.41, 5.74) is 3.05. The Morgan fingerprint density at radius 3 is 2.42 bits per heavy atom. The molecule has 0 bridgehead atoms. The van der Waals surface area contributed by atoms with Crippen LogP contribution >= 0.6 is 0 Å². The Morgan fingerprint density at radius 1 is 1.13 bits per heavy atom. The summed E-state index contributed by atoms with van der Waals surface area (Å²) >= 11 is 0. The van der Waals surface area contributed by atoms with Crippen molar-refractivity contribution in [3.8, 4) is 0 Å². The van der Waals surface area contributed by atoms with Gasteiger partial charge in [-0.1, -0.05) is 43.7 Å². The predicted octanol–water partition coefficient (Wildman–Crippen LogP) is 5.26. The number of carbonyl (C=O) groups is 2. The van der Waals surface area contributed by atoms with Crippen LogP contribution in [0.2, 0.25) is 0 Å². The normalized spacial score (nSPS) is 16.8. The number of esters is 1. The van der Waals surface area contributed by atoms with Crippen molar-refractivity contribution in [2.75, 3.05) is 6.61 Å². The van der Waals surface area contributed by atoms with Crippen LogP contribution in [0.4, 0.5) is 8.78 Å². The highest BCUT2D eigenvalue weighted by molar-refractivity contribution is 5.95. The first-order chi connectivity index (χ1) is 14.7. The third kappa shape index (κ3) is 5.37. The molecular weight excluding hydrogens is 400 g/mol. The molecular formula is C25H27F2NO3. The Labute approximate surface area is 181 Å². The second-order valence-corrected chi connectivity index (χ2v) is 8.42. The van der Waals surface area contributed by atoms with E-state index in [-0.39, 0.29) is 31.4 Å². The average Bonchev–Trinajstić information content (AvgIpc) is 2.68. The van der Waals surface area contributed by atoms with Crippen LogP contribution in [-0.4, -0.2) is 23.4 Å². The van der Waals surface area contributed by atoms with Gasteiger partial charge >= 0.3 is 5.97 Å². The van der Waals surface area contributed by atoms with Crippen LogP contribution < -0.4 is 0 Å². The number of halogens is 2. The molecule has 1 heterocycles. The molecule has 0 fully saturated rings. The molecule has 0 N–H and O–H groups in total.